The molecule has 1 saturated heterocycles. The van der Waals surface area contributed by atoms with Crippen LogP contribution in [0.1, 0.15) is 34.6 Å². The fraction of sp³-hybridized carbons (Fsp3) is 0.226. The summed E-state index contributed by atoms with van der Waals surface area (Å²) in [6.45, 7) is 4.27. The molecule has 1 atom stereocenters. The monoisotopic (exact) mass is 451 g/mol. The number of ether oxygens (including phenoxy) is 1. The van der Waals surface area contributed by atoms with E-state index in [1.165, 1.54) is 34.9 Å². The zero-order valence-electron chi connectivity index (χ0n) is 19.8. The molecule has 172 valence electrons. The summed E-state index contributed by atoms with van der Waals surface area (Å²) in [5.41, 5.74) is 7.87. The van der Waals surface area contributed by atoms with Gasteiger partial charge in [0.25, 0.3) is 0 Å². The minimum absolute atomic E-state index is 0.236. The summed E-state index contributed by atoms with van der Waals surface area (Å²) in [5.74, 6) is 1.03. The molecule has 2 nitrogen and oxygen atoms in total. The van der Waals surface area contributed by atoms with Crippen LogP contribution < -0.4 is 9.64 Å². The van der Waals surface area contributed by atoms with Crippen LogP contribution in [0.3, 0.4) is 0 Å². The molecule has 0 aliphatic carbocycles. The van der Waals surface area contributed by atoms with Crippen LogP contribution in [0.5, 0.6) is 5.75 Å². The fourth-order valence-corrected chi connectivity index (χ4v) is 4.95. The zero-order valence-corrected chi connectivity index (χ0v) is 19.8. The molecule has 4 aromatic rings. The fourth-order valence-electron chi connectivity index (χ4n) is 4.95. The van der Waals surface area contributed by atoms with Crippen LogP contribution in [0.25, 0.3) is 11.1 Å². The Kier molecular flexibility index (Phi) is 6.35. The highest BCUT2D eigenvalue weighted by atomic mass is 19.1. The zero-order chi connectivity index (χ0) is 23.5. The normalized spacial score (nSPS) is 15.5. The van der Waals surface area contributed by atoms with E-state index in [0.29, 0.717) is 17.2 Å². The van der Waals surface area contributed by atoms with Gasteiger partial charge in [-0.25, -0.2) is 4.39 Å². The van der Waals surface area contributed by atoms with Gasteiger partial charge in [-0.1, -0.05) is 60.7 Å². The lowest BCUT2D eigenvalue weighted by Crippen LogP contribution is -2.19. The number of benzene rings is 4. The van der Waals surface area contributed by atoms with Crippen LogP contribution in [0.2, 0.25) is 0 Å². The molecule has 0 radical (unpaired) electrons. The first-order valence-electron chi connectivity index (χ1n) is 11.9. The van der Waals surface area contributed by atoms with E-state index in [9.17, 15) is 4.39 Å². The molecular formula is C31H30FNO. The van der Waals surface area contributed by atoms with Crippen molar-refractivity contribution < 1.29 is 9.13 Å². The number of hydrogen-bond acceptors (Lipinski definition) is 2. The number of anilines is 1. The van der Waals surface area contributed by atoms with E-state index in [0.717, 1.165) is 30.6 Å². The Morgan fingerprint density at radius 2 is 1.71 bits per heavy atom. The first-order chi connectivity index (χ1) is 16.6. The summed E-state index contributed by atoms with van der Waals surface area (Å²) in [5, 5.41) is 0. The van der Waals surface area contributed by atoms with Gasteiger partial charge in [-0.2, -0.15) is 0 Å². The van der Waals surface area contributed by atoms with Crippen molar-refractivity contribution in [3.05, 3.63) is 119 Å². The Balaban J connectivity index is 1.27. The third-order valence-electron chi connectivity index (χ3n) is 6.98. The van der Waals surface area contributed by atoms with E-state index in [1.807, 2.05) is 6.07 Å². The molecule has 1 heterocycles. The molecule has 0 amide bonds. The van der Waals surface area contributed by atoms with E-state index < -0.39 is 0 Å². The molecular weight excluding hydrogens is 421 g/mol. The van der Waals surface area contributed by atoms with Gasteiger partial charge in [-0.3, -0.25) is 0 Å². The Morgan fingerprint density at radius 3 is 2.44 bits per heavy atom. The molecule has 4 aromatic carbocycles. The average molecular weight is 452 g/mol. The topological polar surface area (TPSA) is 12.5 Å². The van der Waals surface area contributed by atoms with Crippen molar-refractivity contribution in [2.24, 2.45) is 0 Å². The Labute approximate surface area is 201 Å². The summed E-state index contributed by atoms with van der Waals surface area (Å²) in [6.07, 6.45) is 2.06. The lowest BCUT2D eigenvalue weighted by molar-refractivity contribution is 0.414. The van der Waals surface area contributed by atoms with E-state index in [4.69, 9.17) is 4.74 Å². The van der Waals surface area contributed by atoms with Gasteiger partial charge >= 0.3 is 0 Å². The molecule has 0 unspecified atom stereocenters. The van der Waals surface area contributed by atoms with Gasteiger partial charge in [-0.15, -0.1) is 0 Å². The van der Waals surface area contributed by atoms with Crippen LogP contribution in [0.15, 0.2) is 91.0 Å². The van der Waals surface area contributed by atoms with Crippen molar-refractivity contribution in [2.45, 2.75) is 25.7 Å². The molecule has 0 N–H and O–H groups in total. The Hall–Kier alpha value is -3.59. The predicted molar refractivity (Wildman–Crippen MR) is 138 cm³/mol. The Bertz CT molecular complexity index is 1270. The second kappa shape index (κ2) is 9.72. The first kappa shape index (κ1) is 22.2. The van der Waals surface area contributed by atoms with Crippen molar-refractivity contribution in [1.29, 1.82) is 0 Å². The second-order valence-electron chi connectivity index (χ2n) is 9.17. The SMILES string of the molecule is COc1ccc(F)c(-c2ccc(Cc3ccc(N4CC[C@@H](c5ccccc5)C4)cc3)c(C)c2)c1. The van der Waals surface area contributed by atoms with E-state index in [1.54, 1.807) is 19.2 Å². The molecule has 5 rings (SSSR count). The number of rotatable bonds is 6. The molecule has 1 aliphatic heterocycles. The quantitative estimate of drug-likeness (QED) is 0.303. The highest BCUT2D eigenvalue weighted by molar-refractivity contribution is 5.67. The van der Waals surface area contributed by atoms with Gasteiger partial charge < -0.3 is 9.64 Å². The van der Waals surface area contributed by atoms with Crippen LogP contribution >= 0.6 is 0 Å². The molecule has 0 saturated carbocycles. The third kappa shape index (κ3) is 4.70. The van der Waals surface area contributed by atoms with Crippen molar-refractivity contribution in [3.63, 3.8) is 0 Å². The summed E-state index contributed by atoms with van der Waals surface area (Å²) >= 11 is 0. The molecule has 0 bridgehead atoms. The van der Waals surface area contributed by atoms with Gasteiger partial charge in [-0.05, 0) is 77.9 Å². The van der Waals surface area contributed by atoms with Gasteiger partial charge in [0.1, 0.15) is 11.6 Å². The summed E-state index contributed by atoms with van der Waals surface area (Å²) in [6, 6.07) is 30.8. The highest BCUT2D eigenvalue weighted by Gasteiger charge is 2.23. The van der Waals surface area contributed by atoms with Crippen LogP contribution in [0.4, 0.5) is 10.1 Å². The number of methoxy groups -OCH3 is 1. The van der Waals surface area contributed by atoms with Crippen LogP contribution in [0, 0.1) is 12.7 Å². The van der Waals surface area contributed by atoms with Crippen LogP contribution in [-0.2, 0) is 6.42 Å². The maximum atomic E-state index is 14.4. The van der Waals surface area contributed by atoms with Gasteiger partial charge in [0, 0.05) is 30.3 Å². The number of hydrogen-bond donors (Lipinski definition) is 0. The van der Waals surface area contributed by atoms with Crippen molar-refractivity contribution in [2.75, 3.05) is 25.1 Å². The Morgan fingerprint density at radius 1 is 0.912 bits per heavy atom. The van der Waals surface area contributed by atoms with E-state index >= 15 is 0 Å². The second-order valence-corrected chi connectivity index (χ2v) is 9.17. The van der Waals surface area contributed by atoms with Gasteiger partial charge in [0.15, 0.2) is 0 Å². The molecule has 0 aromatic heterocycles. The molecule has 34 heavy (non-hydrogen) atoms. The predicted octanol–water partition coefficient (Wildman–Crippen LogP) is 7.39. The summed E-state index contributed by atoms with van der Waals surface area (Å²) in [7, 11) is 1.60. The third-order valence-corrected chi connectivity index (χ3v) is 6.98. The molecule has 3 heteroatoms. The smallest absolute Gasteiger partial charge is 0.131 e. The molecule has 0 spiro atoms. The van der Waals surface area contributed by atoms with Crippen molar-refractivity contribution in [3.8, 4) is 16.9 Å². The first-order valence-corrected chi connectivity index (χ1v) is 11.9. The van der Waals surface area contributed by atoms with Crippen molar-refractivity contribution in [1.82, 2.24) is 0 Å². The van der Waals surface area contributed by atoms with Gasteiger partial charge in [0.2, 0.25) is 0 Å². The number of nitrogens with zero attached hydrogens (tertiary/aromatic N) is 1. The number of aryl methyl sites for hydroxylation is 1. The summed E-state index contributed by atoms with van der Waals surface area (Å²) in [4.78, 5) is 2.49. The van der Waals surface area contributed by atoms with E-state index in [2.05, 4.69) is 78.6 Å². The van der Waals surface area contributed by atoms with E-state index in [-0.39, 0.29) is 5.82 Å². The summed E-state index contributed by atoms with van der Waals surface area (Å²) < 4.78 is 19.7. The van der Waals surface area contributed by atoms with Gasteiger partial charge in [0.05, 0.1) is 7.11 Å². The minimum Gasteiger partial charge on any atom is -0.497 e. The standard InChI is InChI=1S/C31H30FNO/c1-22-18-26(30-20-29(34-2)14-15-31(30)32)11-10-25(22)19-23-8-12-28(13-9-23)33-17-16-27(21-33)24-6-4-3-5-7-24/h3-15,18,20,27H,16-17,19,21H2,1-2H3/t27-/m1/s1. The lowest BCUT2D eigenvalue weighted by atomic mass is 9.95. The average Bonchev–Trinajstić information content (AvgIpc) is 3.37. The maximum Gasteiger partial charge on any atom is 0.131 e. The maximum absolute atomic E-state index is 14.4. The molecule has 1 aliphatic rings. The minimum atomic E-state index is -0.236. The van der Waals surface area contributed by atoms with Crippen molar-refractivity contribution >= 4 is 5.69 Å². The lowest BCUT2D eigenvalue weighted by Gasteiger charge is -2.19. The largest absolute Gasteiger partial charge is 0.497 e. The highest BCUT2D eigenvalue weighted by Crippen LogP contribution is 2.32. The van der Waals surface area contributed by atoms with Crippen LogP contribution in [-0.4, -0.2) is 20.2 Å². The molecule has 1 fully saturated rings. The number of halogens is 1.